The van der Waals surface area contributed by atoms with Crippen molar-refractivity contribution in [1.29, 1.82) is 0 Å². The Morgan fingerprint density at radius 3 is 0.676 bits per heavy atom. The Kier molecular flexibility index (Phi) is 42.5. The van der Waals surface area contributed by atoms with Crippen LogP contribution in [0.3, 0.4) is 0 Å². The van der Waals surface area contributed by atoms with Gasteiger partial charge in [-0.2, -0.15) is 0 Å². The maximum Gasteiger partial charge on any atom is 1.00 e. The Balaban J connectivity index is -0.00000132. The molecule has 4 saturated heterocycles. The van der Waals surface area contributed by atoms with Crippen molar-refractivity contribution in [2.45, 2.75) is 56.3 Å². The van der Waals surface area contributed by atoms with Crippen LogP contribution >= 0.6 is 0 Å². The fourth-order valence-electron chi connectivity index (χ4n) is 5.57. The number of rotatable bonds is 40. The van der Waals surface area contributed by atoms with Crippen LogP contribution in [0.4, 0.5) is 0 Å². The van der Waals surface area contributed by atoms with Crippen LogP contribution in [-0.4, -0.2) is 276 Å². The van der Waals surface area contributed by atoms with Crippen molar-refractivity contribution in [2.75, 3.05) is 155 Å². The van der Waals surface area contributed by atoms with Gasteiger partial charge < -0.3 is 95.5 Å². The van der Waals surface area contributed by atoms with Gasteiger partial charge in [-0.15, -0.1) is 0 Å². The fraction of sp³-hybridized carbons (Fsp3) is 1.00. The van der Waals surface area contributed by atoms with Gasteiger partial charge in [-0.1, -0.05) is 7.43 Å². The molecule has 0 spiro atoms. The molecule has 4 heterocycles. The van der Waals surface area contributed by atoms with E-state index in [1.807, 2.05) is 0 Å². The van der Waals surface area contributed by atoms with Crippen molar-refractivity contribution in [3.05, 3.63) is 0 Å². The minimum Gasteiger partial charge on any atom is -0.748 e. The molecule has 0 aliphatic carbocycles. The summed E-state index contributed by atoms with van der Waals surface area (Å²) in [6.07, 6.45) is -6.35. The molecular formula is C35H64Na4O28S4. The van der Waals surface area contributed by atoms with Crippen LogP contribution in [0.2, 0.25) is 0 Å². The Labute approximate surface area is 504 Å². The second kappa shape index (κ2) is 38.6. The van der Waals surface area contributed by atoms with E-state index in [2.05, 4.69) is 0 Å². The first kappa shape index (κ1) is 78.2. The van der Waals surface area contributed by atoms with Crippen molar-refractivity contribution in [1.82, 2.24) is 0 Å². The molecule has 0 aromatic heterocycles. The van der Waals surface area contributed by atoms with Gasteiger partial charge in [-0.3, -0.25) is 0 Å². The monoisotopic (exact) mass is 1150 g/mol. The maximum absolute atomic E-state index is 10.8. The van der Waals surface area contributed by atoms with E-state index in [0.29, 0.717) is 52.9 Å². The summed E-state index contributed by atoms with van der Waals surface area (Å²) < 4.78 is 195. The van der Waals surface area contributed by atoms with Gasteiger partial charge in [0, 0.05) is 0 Å². The number of aliphatic hydroxyl groups is 4. The molecule has 71 heavy (non-hydrogen) atoms. The first-order valence-corrected chi connectivity index (χ1v) is 26.6. The quantitative estimate of drug-likeness (QED) is 0.0251. The molecule has 4 rings (SSSR count). The Hall–Kier alpha value is 3.00. The SMILES string of the molecule is C.C(OCC(COCC1CO1)(COCC1CO1)COCC1CO1)C1CO1.O=S(=O)([O-])CC(O)COCC(COCC(O)CS(=O)(=O)[O-])(COCC(O)CS(=O)(=O)[O-])COCC(O)CS(=O)(=O)[O-].[Na+].[Na+].[Na+].[Na+]. The summed E-state index contributed by atoms with van der Waals surface area (Å²) in [4.78, 5) is 0. The van der Waals surface area contributed by atoms with Gasteiger partial charge in [0.15, 0.2) is 0 Å². The predicted octanol–water partition coefficient (Wildman–Crippen LogP) is -18.0. The van der Waals surface area contributed by atoms with E-state index in [1.165, 1.54) is 0 Å². The molecule has 4 N–H and O–H groups in total. The van der Waals surface area contributed by atoms with Crippen LogP contribution in [0.1, 0.15) is 7.43 Å². The molecule has 4 fully saturated rings. The summed E-state index contributed by atoms with van der Waals surface area (Å²) in [6.45, 7) is 1.86. The standard InChI is InChI=1S/C17H36O20S4.C17H28O8.CH4.4Na/c18-13(5-38(22,23)24)1-34-9-17(10-35-2-14(19)6-39(25,26)27,11-36-3-15(20)7-40(28,29)30)12-37-4-16(21)8-41(31,32)33;1(13-5-22-13)18-9-17(10-19-2-14-6-23-14,11-20-3-15-7-24-15)12-21-4-16-8-25-16;;;;;/h13-16,18-21H,1-12H2,(H,22,23,24)(H,25,26,27)(H,28,29,30)(H,31,32,33);13-16H,1-12H2;1H4;;;;/q;;;4*+1/p-4. The van der Waals surface area contributed by atoms with E-state index in [1.54, 1.807) is 0 Å². The zero-order valence-corrected chi connectivity index (χ0v) is 51.1. The van der Waals surface area contributed by atoms with Crippen molar-refractivity contribution < 1.29 is 247 Å². The van der Waals surface area contributed by atoms with Gasteiger partial charge in [-0.25, -0.2) is 33.7 Å². The normalized spacial score (nSPS) is 22.5. The van der Waals surface area contributed by atoms with Gasteiger partial charge in [0.05, 0.1) is 231 Å². The number of epoxide rings is 4. The van der Waals surface area contributed by atoms with Gasteiger partial charge in [0.2, 0.25) is 0 Å². The van der Waals surface area contributed by atoms with Gasteiger partial charge in [0.25, 0.3) is 0 Å². The second-order valence-electron chi connectivity index (χ2n) is 16.5. The minimum absolute atomic E-state index is 0. The summed E-state index contributed by atoms with van der Waals surface area (Å²) in [5.41, 5.74) is -2.04. The van der Waals surface area contributed by atoms with E-state index < -0.39 is 146 Å². The Morgan fingerprint density at radius 1 is 0.380 bits per heavy atom. The number of aliphatic hydroxyl groups excluding tert-OH is 4. The Bertz CT molecular complexity index is 1580. The third kappa shape index (κ3) is 44.4. The molecule has 400 valence electrons. The van der Waals surface area contributed by atoms with E-state index in [4.69, 9.17) is 56.8 Å². The van der Waals surface area contributed by atoms with E-state index in [9.17, 15) is 72.3 Å². The molecule has 4 aliphatic rings. The second-order valence-corrected chi connectivity index (χ2v) is 22.2. The predicted molar refractivity (Wildman–Crippen MR) is 219 cm³/mol. The van der Waals surface area contributed by atoms with E-state index in [0.717, 1.165) is 26.4 Å². The molecule has 0 bridgehead atoms. The largest absolute Gasteiger partial charge is 1.00 e. The number of hydrogen-bond donors (Lipinski definition) is 4. The number of ether oxygens (including phenoxy) is 12. The molecule has 0 aromatic rings. The van der Waals surface area contributed by atoms with Gasteiger partial charge in [0.1, 0.15) is 24.4 Å². The average molecular weight is 1150 g/mol. The van der Waals surface area contributed by atoms with Crippen molar-refractivity contribution in [2.24, 2.45) is 10.8 Å². The Morgan fingerprint density at radius 2 is 0.535 bits per heavy atom. The van der Waals surface area contributed by atoms with Crippen LogP contribution < -0.4 is 118 Å². The van der Waals surface area contributed by atoms with Crippen LogP contribution in [0.5, 0.6) is 0 Å². The summed E-state index contributed by atoms with van der Waals surface area (Å²) in [7, 11) is -19.5. The number of hydrogen-bond acceptors (Lipinski definition) is 28. The average Bonchev–Trinajstić information content (AvgIpc) is 3.92. The minimum atomic E-state index is -4.87. The van der Waals surface area contributed by atoms with Crippen molar-refractivity contribution in [3.8, 4) is 0 Å². The molecule has 0 saturated carbocycles. The maximum atomic E-state index is 10.8. The van der Waals surface area contributed by atoms with Crippen LogP contribution in [0.25, 0.3) is 0 Å². The molecule has 8 unspecified atom stereocenters. The summed E-state index contributed by atoms with van der Waals surface area (Å²) in [6, 6.07) is 0. The van der Waals surface area contributed by atoms with Crippen molar-refractivity contribution in [3.63, 3.8) is 0 Å². The molecule has 4 aliphatic heterocycles. The molecular weight excluding hydrogens is 1090 g/mol. The topological polar surface area (TPSA) is 434 Å². The third-order valence-electron chi connectivity index (χ3n) is 8.92. The summed E-state index contributed by atoms with van der Waals surface area (Å²) in [5, 5.41) is 38.8. The fourth-order valence-corrected chi connectivity index (χ4v) is 7.84. The van der Waals surface area contributed by atoms with Crippen molar-refractivity contribution >= 4 is 40.5 Å². The third-order valence-corrected chi connectivity index (χ3v) is 12.1. The zero-order valence-electron chi connectivity index (χ0n) is 39.8. The molecule has 0 aromatic carbocycles. The summed E-state index contributed by atoms with van der Waals surface area (Å²) >= 11 is 0. The molecule has 0 radical (unpaired) electrons. The zero-order chi connectivity index (χ0) is 49.1. The van der Waals surface area contributed by atoms with Gasteiger partial charge >= 0.3 is 118 Å². The smallest absolute Gasteiger partial charge is 0.748 e. The van der Waals surface area contributed by atoms with Crippen LogP contribution in [0.15, 0.2) is 0 Å². The van der Waals surface area contributed by atoms with E-state index in [-0.39, 0.29) is 155 Å². The van der Waals surface area contributed by atoms with Gasteiger partial charge in [-0.05, 0) is 0 Å². The van der Waals surface area contributed by atoms with Crippen LogP contribution in [-0.2, 0) is 97.3 Å². The molecule has 8 atom stereocenters. The molecule has 28 nitrogen and oxygen atoms in total. The van der Waals surface area contributed by atoms with E-state index >= 15 is 0 Å². The molecule has 36 heteroatoms. The first-order valence-electron chi connectivity index (χ1n) is 20.3. The molecule has 0 amide bonds. The summed E-state index contributed by atoms with van der Waals surface area (Å²) in [5.74, 6) is -4.98. The van der Waals surface area contributed by atoms with Crippen LogP contribution in [0, 0.1) is 10.8 Å². The first-order chi connectivity index (χ1) is 30.7.